The van der Waals surface area contributed by atoms with Gasteiger partial charge in [0.1, 0.15) is 6.04 Å². The van der Waals surface area contributed by atoms with Gasteiger partial charge in [0, 0.05) is 20.7 Å². The summed E-state index contributed by atoms with van der Waals surface area (Å²) in [5, 5.41) is 0.491. The largest absolute Gasteiger partial charge is 0.416 e. The number of hydrogen-bond donors (Lipinski definition) is 0. The smallest absolute Gasteiger partial charge is 0.352 e. The normalized spacial score (nSPS) is 23.9. The summed E-state index contributed by atoms with van der Waals surface area (Å²) in [5.74, 6) is -3.75. The van der Waals surface area contributed by atoms with Crippen LogP contribution in [0.25, 0.3) is 6.08 Å². The zero-order chi connectivity index (χ0) is 26.9. The predicted molar refractivity (Wildman–Crippen MR) is 140 cm³/mol. The van der Waals surface area contributed by atoms with Crippen molar-refractivity contribution in [1.82, 2.24) is 0 Å². The van der Waals surface area contributed by atoms with E-state index in [0.29, 0.717) is 16.3 Å². The number of rotatable bonds is 3. The first-order valence-corrected chi connectivity index (χ1v) is 12.8. The van der Waals surface area contributed by atoms with Gasteiger partial charge < -0.3 is 4.90 Å². The second-order valence-corrected chi connectivity index (χ2v) is 10.7. The number of anilines is 2. The van der Waals surface area contributed by atoms with E-state index >= 15 is 0 Å². The van der Waals surface area contributed by atoms with E-state index in [0.717, 1.165) is 33.1 Å². The third-order valence-corrected chi connectivity index (χ3v) is 8.06. The Labute approximate surface area is 228 Å². The molecule has 0 saturated carbocycles. The van der Waals surface area contributed by atoms with Crippen molar-refractivity contribution in [3.05, 3.63) is 99.0 Å². The quantitative estimate of drug-likeness (QED) is 0.258. The van der Waals surface area contributed by atoms with Gasteiger partial charge in [-0.3, -0.25) is 14.4 Å². The molecule has 0 N–H and O–H groups in total. The Morgan fingerprint density at radius 2 is 1.63 bits per heavy atom. The molecule has 0 aromatic heterocycles. The van der Waals surface area contributed by atoms with Crippen molar-refractivity contribution >= 4 is 62.6 Å². The van der Waals surface area contributed by atoms with Crippen molar-refractivity contribution < 1.29 is 27.6 Å². The Morgan fingerprint density at radius 3 is 2.34 bits per heavy atom. The van der Waals surface area contributed by atoms with E-state index in [1.165, 1.54) is 6.07 Å². The van der Waals surface area contributed by atoms with Gasteiger partial charge >= 0.3 is 6.18 Å². The molecule has 3 aliphatic heterocycles. The van der Waals surface area contributed by atoms with E-state index in [9.17, 15) is 27.6 Å². The van der Waals surface area contributed by atoms with Gasteiger partial charge in [-0.1, -0.05) is 57.9 Å². The monoisotopic (exact) mass is 600 g/mol. The Morgan fingerprint density at radius 1 is 0.921 bits per heavy atom. The van der Waals surface area contributed by atoms with E-state index < -0.39 is 47.5 Å². The molecule has 0 spiro atoms. The van der Waals surface area contributed by atoms with Gasteiger partial charge in [-0.2, -0.15) is 13.2 Å². The van der Waals surface area contributed by atoms with Crippen LogP contribution in [0.5, 0.6) is 0 Å². The van der Waals surface area contributed by atoms with Crippen molar-refractivity contribution in [2.24, 2.45) is 11.8 Å². The average molecular weight is 602 g/mol. The first-order chi connectivity index (χ1) is 18.1. The number of carbonyl (C=O) groups excluding carboxylic acids is 3. The van der Waals surface area contributed by atoms with Crippen molar-refractivity contribution in [2.45, 2.75) is 18.3 Å². The lowest BCUT2D eigenvalue weighted by molar-refractivity contribution is -0.137. The van der Waals surface area contributed by atoms with Crippen molar-refractivity contribution in [1.29, 1.82) is 0 Å². The zero-order valence-electron chi connectivity index (χ0n) is 19.3. The topological polar surface area (TPSA) is 57.7 Å². The second-order valence-electron chi connectivity index (χ2n) is 9.39. The maximum absolute atomic E-state index is 14.0. The molecule has 10 heteroatoms. The number of ketones is 1. The summed E-state index contributed by atoms with van der Waals surface area (Å²) in [7, 11) is 0. The Bertz CT molecular complexity index is 1540. The SMILES string of the molecule is O=C(c1ccc(Br)cc1)[C@@H]1[C@@H]2C(=O)N(c3cccc(C(F)(F)F)c3)C(=O)[C@@H]2[C@H]2C=Cc3cc(Cl)ccc3N21. The van der Waals surface area contributed by atoms with Crippen LogP contribution in [0.15, 0.2) is 77.3 Å². The minimum absolute atomic E-state index is 0.169. The number of imide groups is 1. The molecule has 3 heterocycles. The lowest BCUT2D eigenvalue weighted by atomic mass is 9.86. The van der Waals surface area contributed by atoms with Crippen LogP contribution in [0, 0.1) is 11.8 Å². The standard InChI is InChI=1S/C28H17BrClF3N2O3/c29-17-7-4-14(5-8-17)25(36)24-23-22(21-10-6-15-12-18(30)9-11-20(15)35(21)24)26(37)34(27(23)38)19-3-1-2-16(13-19)28(31,32)33/h1-13,21-24H/t21-,22-,23-,24+/m1/s1. The van der Waals surface area contributed by atoms with Crippen molar-refractivity contribution in [2.75, 3.05) is 9.80 Å². The number of halogens is 5. The third-order valence-electron chi connectivity index (χ3n) is 7.30. The number of carbonyl (C=O) groups is 3. The van der Waals surface area contributed by atoms with Crippen LogP contribution >= 0.6 is 27.5 Å². The fraction of sp³-hybridized carbons (Fsp3) is 0.179. The molecule has 6 rings (SSSR count). The summed E-state index contributed by atoms with van der Waals surface area (Å²) in [4.78, 5) is 44.2. The molecule has 38 heavy (non-hydrogen) atoms. The molecule has 2 saturated heterocycles. The Kier molecular flexibility index (Phi) is 5.77. The number of fused-ring (bicyclic) bond motifs is 5. The van der Waals surface area contributed by atoms with Crippen molar-refractivity contribution in [3.8, 4) is 0 Å². The maximum atomic E-state index is 14.0. The lowest BCUT2D eigenvalue weighted by Gasteiger charge is -2.36. The Hall–Kier alpha value is -3.43. The predicted octanol–water partition coefficient (Wildman–Crippen LogP) is 6.39. The highest BCUT2D eigenvalue weighted by Gasteiger charge is 2.64. The molecule has 0 aliphatic carbocycles. The zero-order valence-corrected chi connectivity index (χ0v) is 21.7. The summed E-state index contributed by atoms with van der Waals surface area (Å²) in [6, 6.07) is 14.2. The van der Waals surface area contributed by atoms with E-state index in [4.69, 9.17) is 11.6 Å². The van der Waals surface area contributed by atoms with Gasteiger partial charge in [0.25, 0.3) is 0 Å². The van der Waals surface area contributed by atoms with Crippen molar-refractivity contribution in [3.63, 3.8) is 0 Å². The summed E-state index contributed by atoms with van der Waals surface area (Å²) in [5.41, 5.74) is 0.591. The fourth-order valence-corrected chi connectivity index (χ4v) is 6.15. The van der Waals surface area contributed by atoms with Gasteiger partial charge in [0.2, 0.25) is 11.8 Å². The molecule has 4 atom stereocenters. The van der Waals surface area contributed by atoms with Gasteiger partial charge in [-0.05, 0) is 54.1 Å². The average Bonchev–Trinajstić information content (AvgIpc) is 3.36. The van der Waals surface area contributed by atoms with E-state index in [-0.39, 0.29) is 11.5 Å². The number of alkyl halides is 3. The highest BCUT2D eigenvalue weighted by molar-refractivity contribution is 9.10. The van der Waals surface area contributed by atoms with Crippen LogP contribution in [-0.4, -0.2) is 29.7 Å². The molecular weight excluding hydrogens is 585 g/mol. The first-order valence-electron chi connectivity index (χ1n) is 11.7. The van der Waals surface area contributed by atoms with Crippen LogP contribution in [0.2, 0.25) is 5.02 Å². The van der Waals surface area contributed by atoms with Gasteiger partial charge in [0.15, 0.2) is 5.78 Å². The van der Waals surface area contributed by atoms with Crippen LogP contribution < -0.4 is 9.80 Å². The minimum Gasteiger partial charge on any atom is -0.352 e. The highest BCUT2D eigenvalue weighted by atomic mass is 79.9. The Balaban J connectivity index is 1.48. The number of hydrogen-bond acceptors (Lipinski definition) is 4. The molecule has 2 amide bonds. The van der Waals surface area contributed by atoms with E-state index in [2.05, 4.69) is 15.9 Å². The van der Waals surface area contributed by atoms with Gasteiger partial charge in [0.05, 0.1) is 29.1 Å². The van der Waals surface area contributed by atoms with Crippen LogP contribution in [0.4, 0.5) is 24.5 Å². The molecule has 0 unspecified atom stereocenters. The third kappa shape index (κ3) is 3.79. The summed E-state index contributed by atoms with van der Waals surface area (Å²) < 4.78 is 40.9. The molecule has 2 fully saturated rings. The molecule has 3 aliphatic rings. The van der Waals surface area contributed by atoms with Crippen LogP contribution in [0.3, 0.4) is 0 Å². The number of nitrogens with zero attached hydrogens (tertiary/aromatic N) is 2. The molecule has 192 valence electrons. The van der Waals surface area contributed by atoms with Gasteiger partial charge in [-0.25, -0.2) is 4.90 Å². The summed E-state index contributed by atoms with van der Waals surface area (Å²) >= 11 is 9.53. The fourth-order valence-electron chi connectivity index (χ4n) is 5.70. The lowest BCUT2D eigenvalue weighted by Crippen LogP contribution is -2.48. The van der Waals surface area contributed by atoms with Gasteiger partial charge in [-0.15, -0.1) is 0 Å². The molecule has 3 aromatic carbocycles. The summed E-state index contributed by atoms with van der Waals surface area (Å²) in [6.45, 7) is 0. The number of amides is 2. The molecule has 0 bridgehead atoms. The molecule has 5 nitrogen and oxygen atoms in total. The maximum Gasteiger partial charge on any atom is 0.416 e. The van der Waals surface area contributed by atoms with Crippen LogP contribution in [-0.2, 0) is 15.8 Å². The first kappa shape index (κ1) is 24.9. The molecular formula is C28H17BrClF3N2O3. The highest BCUT2D eigenvalue weighted by Crippen LogP contribution is 2.50. The minimum atomic E-state index is -4.65. The molecule has 3 aromatic rings. The van der Waals surface area contributed by atoms with Crippen LogP contribution in [0.1, 0.15) is 21.5 Å². The number of benzene rings is 3. The summed E-state index contributed by atoms with van der Waals surface area (Å²) in [6.07, 6.45) is -1.10. The second kappa shape index (κ2) is 8.81. The molecule has 0 radical (unpaired) electrons. The number of Topliss-reactive ketones (excluding diaryl/α,β-unsaturated/α-hetero) is 1. The van der Waals surface area contributed by atoms with E-state index in [1.54, 1.807) is 59.5 Å². The van der Waals surface area contributed by atoms with E-state index in [1.807, 2.05) is 0 Å².